The first-order valence-electron chi connectivity index (χ1n) is 5.85. The number of hydrogen-bond donors (Lipinski definition) is 2. The normalized spacial score (nSPS) is 24.0. The van der Waals surface area contributed by atoms with Crippen LogP contribution >= 0.6 is 0 Å². The fourth-order valence-corrected chi connectivity index (χ4v) is 1.91. The maximum Gasteiger partial charge on any atom is 0.0743 e. The van der Waals surface area contributed by atoms with Crippen molar-refractivity contribution >= 4 is 0 Å². The van der Waals surface area contributed by atoms with E-state index in [2.05, 4.69) is 9.80 Å². The molecule has 0 saturated carbocycles. The highest BCUT2D eigenvalue weighted by Gasteiger charge is 2.24. The van der Waals surface area contributed by atoms with Gasteiger partial charge >= 0.3 is 0 Å². The molecular weight excluding hydrogens is 192 g/mol. The predicted octanol–water partition coefficient (Wildman–Crippen LogP) is -0.243. The molecule has 0 aromatic carbocycles. The molecule has 15 heavy (non-hydrogen) atoms. The fourth-order valence-electron chi connectivity index (χ4n) is 1.91. The second-order valence-corrected chi connectivity index (χ2v) is 4.69. The molecule has 1 heterocycles. The Morgan fingerprint density at radius 2 is 1.67 bits per heavy atom. The van der Waals surface area contributed by atoms with Crippen molar-refractivity contribution in [1.29, 1.82) is 0 Å². The summed E-state index contributed by atoms with van der Waals surface area (Å²) in [4.78, 5) is 4.56. The van der Waals surface area contributed by atoms with Gasteiger partial charge in [0.25, 0.3) is 0 Å². The Morgan fingerprint density at radius 1 is 1.13 bits per heavy atom. The van der Waals surface area contributed by atoms with Crippen LogP contribution in [-0.4, -0.2) is 71.5 Å². The number of piperazine rings is 1. The van der Waals surface area contributed by atoms with Crippen molar-refractivity contribution in [3.05, 3.63) is 0 Å². The Morgan fingerprint density at radius 3 is 2.13 bits per heavy atom. The summed E-state index contributed by atoms with van der Waals surface area (Å²) < 4.78 is 0. The van der Waals surface area contributed by atoms with Crippen LogP contribution in [0.1, 0.15) is 20.3 Å². The van der Waals surface area contributed by atoms with E-state index in [1.54, 1.807) is 0 Å². The summed E-state index contributed by atoms with van der Waals surface area (Å²) in [6.07, 6.45) is 0.795. The summed E-state index contributed by atoms with van der Waals surface area (Å²) in [7, 11) is 0. The van der Waals surface area contributed by atoms with Crippen LogP contribution in [0.2, 0.25) is 0 Å². The highest BCUT2D eigenvalue weighted by Crippen LogP contribution is 2.12. The molecular formula is C11H24N2O2. The zero-order chi connectivity index (χ0) is 11.3. The van der Waals surface area contributed by atoms with Crippen molar-refractivity contribution in [2.75, 3.05) is 45.9 Å². The van der Waals surface area contributed by atoms with Crippen LogP contribution in [0.4, 0.5) is 0 Å². The van der Waals surface area contributed by atoms with Gasteiger partial charge in [-0.1, -0.05) is 6.92 Å². The Bertz CT molecular complexity index is 177. The Balaban J connectivity index is 2.25. The van der Waals surface area contributed by atoms with E-state index in [1.165, 1.54) is 0 Å². The maximum atomic E-state index is 9.95. The van der Waals surface area contributed by atoms with E-state index in [1.807, 2.05) is 13.8 Å². The average Bonchev–Trinajstić information content (AvgIpc) is 2.21. The second-order valence-electron chi connectivity index (χ2n) is 4.69. The summed E-state index contributed by atoms with van der Waals surface area (Å²) in [6, 6.07) is 0. The van der Waals surface area contributed by atoms with Crippen LogP contribution < -0.4 is 0 Å². The molecule has 1 saturated heterocycles. The van der Waals surface area contributed by atoms with E-state index in [4.69, 9.17) is 5.11 Å². The minimum Gasteiger partial charge on any atom is -0.395 e. The van der Waals surface area contributed by atoms with Gasteiger partial charge in [-0.25, -0.2) is 0 Å². The number of aliphatic hydroxyl groups is 2. The first-order valence-corrected chi connectivity index (χ1v) is 5.85. The van der Waals surface area contributed by atoms with Gasteiger partial charge in [-0.2, -0.15) is 0 Å². The molecule has 0 spiro atoms. The molecule has 0 aromatic heterocycles. The Kier molecular flexibility index (Phi) is 4.99. The summed E-state index contributed by atoms with van der Waals surface area (Å²) in [5, 5.41) is 18.8. The SMILES string of the molecule is CCC(C)(O)CN1CCN(CCO)CC1. The second kappa shape index (κ2) is 5.80. The number of β-amino-alcohol motifs (C(OH)–C–C–N with tert-alkyl or cyclic N) is 2. The lowest BCUT2D eigenvalue weighted by Crippen LogP contribution is -2.51. The van der Waals surface area contributed by atoms with Gasteiger partial charge in [0.05, 0.1) is 12.2 Å². The van der Waals surface area contributed by atoms with Gasteiger partial charge in [0.15, 0.2) is 0 Å². The molecule has 4 nitrogen and oxygen atoms in total. The fraction of sp³-hybridized carbons (Fsp3) is 1.00. The van der Waals surface area contributed by atoms with Crippen LogP contribution in [0.15, 0.2) is 0 Å². The quantitative estimate of drug-likeness (QED) is 0.666. The number of hydrogen-bond acceptors (Lipinski definition) is 4. The van der Waals surface area contributed by atoms with E-state index < -0.39 is 5.60 Å². The van der Waals surface area contributed by atoms with Crippen molar-refractivity contribution < 1.29 is 10.2 Å². The first kappa shape index (κ1) is 12.9. The lowest BCUT2D eigenvalue weighted by Gasteiger charge is -2.37. The average molecular weight is 216 g/mol. The van der Waals surface area contributed by atoms with Gasteiger partial charge in [0.1, 0.15) is 0 Å². The van der Waals surface area contributed by atoms with Crippen molar-refractivity contribution in [2.45, 2.75) is 25.9 Å². The summed E-state index contributed by atoms with van der Waals surface area (Å²) in [5.74, 6) is 0. The van der Waals surface area contributed by atoms with Crippen molar-refractivity contribution in [2.24, 2.45) is 0 Å². The zero-order valence-corrected chi connectivity index (χ0v) is 9.95. The lowest BCUT2D eigenvalue weighted by atomic mass is 10.0. The molecule has 1 unspecified atom stereocenters. The minimum absolute atomic E-state index is 0.243. The molecule has 0 aliphatic carbocycles. The van der Waals surface area contributed by atoms with E-state index in [9.17, 15) is 5.11 Å². The van der Waals surface area contributed by atoms with Crippen LogP contribution in [0.3, 0.4) is 0 Å². The van der Waals surface area contributed by atoms with Crippen LogP contribution in [0.5, 0.6) is 0 Å². The summed E-state index contributed by atoms with van der Waals surface area (Å²) >= 11 is 0. The smallest absolute Gasteiger partial charge is 0.0743 e. The van der Waals surface area contributed by atoms with E-state index in [0.29, 0.717) is 0 Å². The molecule has 1 rings (SSSR count). The van der Waals surface area contributed by atoms with Gasteiger partial charge in [0, 0.05) is 39.3 Å². The maximum absolute atomic E-state index is 9.95. The predicted molar refractivity (Wildman–Crippen MR) is 60.9 cm³/mol. The Hall–Kier alpha value is -0.160. The van der Waals surface area contributed by atoms with Crippen LogP contribution in [-0.2, 0) is 0 Å². The minimum atomic E-state index is -0.556. The molecule has 0 bridgehead atoms. The molecule has 1 fully saturated rings. The van der Waals surface area contributed by atoms with Crippen molar-refractivity contribution in [3.63, 3.8) is 0 Å². The zero-order valence-electron chi connectivity index (χ0n) is 9.95. The van der Waals surface area contributed by atoms with Gasteiger partial charge < -0.3 is 10.2 Å². The van der Waals surface area contributed by atoms with Gasteiger partial charge in [0.2, 0.25) is 0 Å². The molecule has 1 aliphatic rings. The third kappa shape index (κ3) is 4.47. The molecule has 0 radical (unpaired) electrons. The lowest BCUT2D eigenvalue weighted by molar-refractivity contribution is 0.00000616. The number of aliphatic hydroxyl groups excluding tert-OH is 1. The third-order valence-electron chi connectivity index (χ3n) is 3.21. The van der Waals surface area contributed by atoms with Crippen LogP contribution in [0, 0.1) is 0 Å². The molecule has 1 aliphatic heterocycles. The molecule has 1 atom stereocenters. The third-order valence-corrected chi connectivity index (χ3v) is 3.21. The van der Waals surface area contributed by atoms with Gasteiger partial charge in [-0.15, -0.1) is 0 Å². The molecule has 0 aromatic rings. The standard InChI is InChI=1S/C11H24N2O2/c1-3-11(2,15)10-13-6-4-12(5-7-13)8-9-14/h14-15H,3-10H2,1-2H3. The monoisotopic (exact) mass is 216 g/mol. The Labute approximate surface area is 92.5 Å². The highest BCUT2D eigenvalue weighted by molar-refractivity contribution is 4.79. The summed E-state index contributed by atoms with van der Waals surface area (Å²) in [5.41, 5.74) is -0.556. The number of nitrogens with zero attached hydrogens (tertiary/aromatic N) is 2. The van der Waals surface area contributed by atoms with E-state index in [0.717, 1.165) is 45.7 Å². The van der Waals surface area contributed by atoms with E-state index >= 15 is 0 Å². The highest BCUT2D eigenvalue weighted by atomic mass is 16.3. The first-order chi connectivity index (χ1) is 7.07. The summed E-state index contributed by atoms with van der Waals surface area (Å²) in [6.45, 7) is 9.68. The molecule has 2 N–H and O–H groups in total. The van der Waals surface area contributed by atoms with Crippen LogP contribution in [0.25, 0.3) is 0 Å². The van der Waals surface area contributed by atoms with Gasteiger partial charge in [-0.05, 0) is 13.3 Å². The van der Waals surface area contributed by atoms with Gasteiger partial charge in [-0.3, -0.25) is 9.80 Å². The molecule has 4 heteroatoms. The topological polar surface area (TPSA) is 46.9 Å². The number of rotatable bonds is 5. The van der Waals surface area contributed by atoms with E-state index in [-0.39, 0.29) is 6.61 Å². The van der Waals surface area contributed by atoms with Crippen molar-refractivity contribution in [1.82, 2.24) is 9.80 Å². The molecule has 0 amide bonds. The largest absolute Gasteiger partial charge is 0.395 e. The van der Waals surface area contributed by atoms with Crippen molar-refractivity contribution in [3.8, 4) is 0 Å². The molecule has 90 valence electrons.